The molecule has 1 aromatic heterocycles. The summed E-state index contributed by atoms with van der Waals surface area (Å²) in [7, 11) is 0. The molecular formula is C12H14ClF3N2O. The number of hydrogen-bond acceptors (Lipinski definition) is 3. The molecular weight excluding hydrogens is 281 g/mol. The van der Waals surface area contributed by atoms with E-state index in [1.165, 1.54) is 6.07 Å². The smallest absolute Gasteiger partial charge is 0.385 e. The lowest BCUT2D eigenvalue weighted by Crippen LogP contribution is -2.39. The minimum absolute atomic E-state index is 0.183. The Morgan fingerprint density at radius 2 is 2.11 bits per heavy atom. The third-order valence-corrected chi connectivity index (χ3v) is 3.69. The van der Waals surface area contributed by atoms with Crippen molar-refractivity contribution in [2.45, 2.75) is 43.5 Å². The number of nitrogens with two attached hydrogens (primary N) is 1. The molecule has 1 saturated carbocycles. The van der Waals surface area contributed by atoms with Crippen LogP contribution >= 0.6 is 11.6 Å². The Balaban J connectivity index is 2.35. The van der Waals surface area contributed by atoms with Crippen LogP contribution in [0.25, 0.3) is 0 Å². The van der Waals surface area contributed by atoms with Crippen molar-refractivity contribution in [2.24, 2.45) is 5.73 Å². The quantitative estimate of drug-likeness (QED) is 0.783. The summed E-state index contributed by atoms with van der Waals surface area (Å²) in [6.07, 6.45) is -2.36. The Kier molecular flexibility index (Phi) is 3.77. The molecule has 7 heteroatoms. The second kappa shape index (κ2) is 4.92. The zero-order chi connectivity index (χ0) is 14.3. The van der Waals surface area contributed by atoms with Gasteiger partial charge in [0.1, 0.15) is 10.8 Å². The summed E-state index contributed by atoms with van der Waals surface area (Å²) in [5.41, 5.74) is 3.66. The third-order valence-electron chi connectivity index (χ3n) is 3.41. The maximum atomic E-state index is 12.5. The summed E-state index contributed by atoms with van der Waals surface area (Å²) < 4.78 is 37.5. The van der Waals surface area contributed by atoms with Gasteiger partial charge in [-0.2, -0.15) is 13.2 Å². The van der Waals surface area contributed by atoms with E-state index in [-0.39, 0.29) is 23.2 Å². The average molecular weight is 295 g/mol. The predicted molar refractivity (Wildman–Crippen MR) is 64.6 cm³/mol. The van der Waals surface area contributed by atoms with Crippen molar-refractivity contribution in [1.29, 1.82) is 0 Å². The fraction of sp³-hybridized carbons (Fsp3) is 0.583. The second-order valence-corrected chi connectivity index (χ2v) is 5.28. The lowest BCUT2D eigenvalue weighted by molar-refractivity contribution is -0.141. The molecule has 3 N–H and O–H groups in total. The van der Waals surface area contributed by atoms with Crippen LogP contribution < -0.4 is 5.73 Å². The van der Waals surface area contributed by atoms with Gasteiger partial charge in [-0.25, -0.2) is 4.98 Å². The van der Waals surface area contributed by atoms with Crippen LogP contribution in [0.15, 0.2) is 12.1 Å². The van der Waals surface area contributed by atoms with Crippen LogP contribution in [0, 0.1) is 0 Å². The van der Waals surface area contributed by atoms with Crippen molar-refractivity contribution in [1.82, 2.24) is 4.98 Å². The first-order valence-corrected chi connectivity index (χ1v) is 6.32. The Morgan fingerprint density at radius 1 is 1.42 bits per heavy atom. The first-order valence-electron chi connectivity index (χ1n) is 5.94. The van der Waals surface area contributed by atoms with Crippen molar-refractivity contribution in [3.05, 3.63) is 28.5 Å². The number of aromatic nitrogens is 1. The van der Waals surface area contributed by atoms with Gasteiger partial charge in [-0.3, -0.25) is 0 Å². The fourth-order valence-electron chi connectivity index (χ4n) is 2.48. The van der Waals surface area contributed by atoms with Gasteiger partial charge in [0.05, 0.1) is 5.60 Å². The number of hydrogen-bond donors (Lipinski definition) is 2. The maximum absolute atomic E-state index is 12.5. The molecule has 1 aliphatic carbocycles. The van der Waals surface area contributed by atoms with Gasteiger partial charge >= 0.3 is 6.18 Å². The van der Waals surface area contributed by atoms with E-state index >= 15 is 0 Å². The van der Waals surface area contributed by atoms with Gasteiger partial charge in [0, 0.05) is 11.6 Å². The fourth-order valence-corrected chi connectivity index (χ4v) is 2.81. The van der Waals surface area contributed by atoms with Crippen LogP contribution in [0.5, 0.6) is 0 Å². The molecule has 106 valence electrons. The highest BCUT2D eigenvalue weighted by Gasteiger charge is 2.39. The topological polar surface area (TPSA) is 59.1 Å². The van der Waals surface area contributed by atoms with E-state index in [9.17, 15) is 18.3 Å². The molecule has 1 heterocycles. The van der Waals surface area contributed by atoms with Crippen LogP contribution in [-0.2, 0) is 11.8 Å². The van der Waals surface area contributed by atoms with E-state index in [4.69, 9.17) is 17.3 Å². The van der Waals surface area contributed by atoms with Crippen molar-refractivity contribution < 1.29 is 18.3 Å². The normalized spacial score (nSPS) is 28.4. The molecule has 1 aromatic rings. The highest BCUT2D eigenvalue weighted by atomic mass is 35.5. The maximum Gasteiger partial charge on any atom is 0.433 e. The molecule has 2 atom stereocenters. The lowest BCUT2D eigenvalue weighted by atomic mass is 9.78. The van der Waals surface area contributed by atoms with Crippen LogP contribution in [0.4, 0.5) is 13.2 Å². The van der Waals surface area contributed by atoms with E-state index in [0.717, 1.165) is 12.5 Å². The van der Waals surface area contributed by atoms with Crippen molar-refractivity contribution in [2.75, 3.05) is 0 Å². The molecule has 0 aromatic carbocycles. The summed E-state index contributed by atoms with van der Waals surface area (Å²) in [4.78, 5) is 3.33. The number of rotatable bonds is 1. The molecule has 2 rings (SSSR count). The highest BCUT2D eigenvalue weighted by Crippen LogP contribution is 2.40. The number of halogens is 4. The molecule has 1 aliphatic rings. The zero-order valence-corrected chi connectivity index (χ0v) is 10.8. The molecule has 3 nitrogen and oxygen atoms in total. The highest BCUT2D eigenvalue weighted by molar-refractivity contribution is 6.30. The van der Waals surface area contributed by atoms with Crippen LogP contribution in [0.2, 0.25) is 5.15 Å². The molecule has 0 bridgehead atoms. The van der Waals surface area contributed by atoms with Crippen LogP contribution in [-0.4, -0.2) is 16.1 Å². The largest absolute Gasteiger partial charge is 0.433 e. The lowest BCUT2D eigenvalue weighted by Gasteiger charge is -2.36. The Labute approximate surface area is 113 Å². The summed E-state index contributed by atoms with van der Waals surface area (Å²) in [6.45, 7) is 0. The van der Waals surface area contributed by atoms with Crippen molar-refractivity contribution in [3.8, 4) is 0 Å². The summed E-state index contributed by atoms with van der Waals surface area (Å²) in [6, 6.07) is 1.84. The predicted octanol–water partition coefficient (Wildman–Crippen LogP) is 2.84. The van der Waals surface area contributed by atoms with Gasteiger partial charge < -0.3 is 10.8 Å². The van der Waals surface area contributed by atoms with Gasteiger partial charge in [-0.1, -0.05) is 17.7 Å². The Morgan fingerprint density at radius 3 is 2.63 bits per heavy atom. The minimum atomic E-state index is -4.55. The summed E-state index contributed by atoms with van der Waals surface area (Å²) in [5.74, 6) is 0. The summed E-state index contributed by atoms with van der Waals surface area (Å²) in [5, 5.41) is 10.2. The Hall–Kier alpha value is -0.850. The van der Waals surface area contributed by atoms with Crippen molar-refractivity contribution >= 4 is 11.6 Å². The molecule has 0 radical (unpaired) electrons. The molecule has 19 heavy (non-hydrogen) atoms. The SMILES string of the molecule is NC1CCCC(O)(c2ccc(C(F)(F)F)nc2Cl)C1. The number of pyridine rings is 1. The molecule has 0 amide bonds. The first-order chi connectivity index (χ1) is 8.72. The zero-order valence-electron chi connectivity index (χ0n) is 10.0. The molecule has 2 unspecified atom stereocenters. The monoisotopic (exact) mass is 294 g/mol. The van der Waals surface area contributed by atoms with Crippen LogP contribution in [0.1, 0.15) is 36.9 Å². The second-order valence-electron chi connectivity index (χ2n) is 4.92. The van der Waals surface area contributed by atoms with E-state index in [1.807, 2.05) is 0 Å². The van der Waals surface area contributed by atoms with Gasteiger partial charge in [0.2, 0.25) is 0 Å². The molecule has 0 aliphatic heterocycles. The van der Waals surface area contributed by atoms with Gasteiger partial charge in [0.25, 0.3) is 0 Å². The summed E-state index contributed by atoms with van der Waals surface area (Å²) >= 11 is 5.79. The van der Waals surface area contributed by atoms with Gasteiger partial charge in [-0.15, -0.1) is 0 Å². The first kappa shape index (κ1) is 14.6. The van der Waals surface area contributed by atoms with Gasteiger partial charge in [0.15, 0.2) is 0 Å². The molecule has 1 fully saturated rings. The van der Waals surface area contributed by atoms with E-state index in [0.29, 0.717) is 12.8 Å². The molecule has 0 spiro atoms. The van der Waals surface area contributed by atoms with Crippen molar-refractivity contribution in [3.63, 3.8) is 0 Å². The minimum Gasteiger partial charge on any atom is -0.385 e. The van der Waals surface area contributed by atoms with Gasteiger partial charge in [-0.05, 0) is 31.7 Å². The number of aliphatic hydroxyl groups is 1. The standard InChI is InChI=1S/C12H14ClF3N2O/c13-10-8(3-4-9(18-10)12(14,15)16)11(19)5-1-2-7(17)6-11/h3-4,7,19H,1-2,5-6,17H2. The number of nitrogens with zero attached hydrogens (tertiary/aromatic N) is 1. The van der Waals surface area contributed by atoms with E-state index in [1.54, 1.807) is 0 Å². The van der Waals surface area contributed by atoms with Crippen LogP contribution in [0.3, 0.4) is 0 Å². The number of alkyl halides is 3. The average Bonchev–Trinajstić information content (AvgIpc) is 2.26. The van der Waals surface area contributed by atoms with E-state index in [2.05, 4.69) is 4.98 Å². The Bertz CT molecular complexity index is 481. The molecule has 0 saturated heterocycles. The van der Waals surface area contributed by atoms with E-state index < -0.39 is 17.5 Å². The third kappa shape index (κ3) is 3.01.